The molecule has 110 valence electrons. The van der Waals surface area contributed by atoms with Crippen molar-refractivity contribution < 1.29 is 9.94 Å². The molecular formula is C16H15Br2NO2. The van der Waals surface area contributed by atoms with Crippen molar-refractivity contribution >= 4 is 37.5 Å². The first-order chi connectivity index (χ1) is 10.1. The number of anilines is 1. The number of halogens is 2. The summed E-state index contributed by atoms with van der Waals surface area (Å²) in [5, 5.41) is 11.7. The molecule has 0 amide bonds. The number of rotatable bonds is 3. The van der Waals surface area contributed by atoms with E-state index in [2.05, 4.69) is 31.9 Å². The Morgan fingerprint density at radius 3 is 2.43 bits per heavy atom. The Kier molecular flexibility index (Phi) is 4.36. The molecule has 2 atom stereocenters. The predicted molar refractivity (Wildman–Crippen MR) is 90.5 cm³/mol. The average Bonchev–Trinajstić information content (AvgIpc) is 2.87. The molecule has 1 aliphatic heterocycles. The van der Waals surface area contributed by atoms with E-state index < -0.39 is 4.32 Å². The van der Waals surface area contributed by atoms with Gasteiger partial charge >= 0.3 is 0 Å². The molecule has 2 aromatic rings. The number of hydrogen-bond acceptors (Lipinski definition) is 3. The topological polar surface area (TPSA) is 32.7 Å². The smallest absolute Gasteiger partial charge is 0.101 e. The number of aliphatic hydroxyl groups excluding tert-OH is 1. The van der Waals surface area contributed by atoms with E-state index in [1.807, 2.05) is 59.7 Å². The number of aliphatic hydroxyl groups is 1. The summed E-state index contributed by atoms with van der Waals surface area (Å²) in [7, 11) is 0. The van der Waals surface area contributed by atoms with Crippen molar-refractivity contribution in [2.24, 2.45) is 0 Å². The minimum Gasteiger partial charge on any atom is -0.395 e. The van der Waals surface area contributed by atoms with Crippen LogP contribution < -0.4 is 5.06 Å². The van der Waals surface area contributed by atoms with Gasteiger partial charge in [0.25, 0.3) is 0 Å². The summed E-state index contributed by atoms with van der Waals surface area (Å²) in [5.41, 5.74) is 2.06. The summed E-state index contributed by atoms with van der Waals surface area (Å²) < 4.78 is 0.511. The van der Waals surface area contributed by atoms with E-state index in [1.165, 1.54) is 0 Å². The van der Waals surface area contributed by atoms with Crippen LogP contribution >= 0.6 is 31.9 Å². The molecule has 3 rings (SSSR count). The highest BCUT2D eigenvalue weighted by atomic mass is 79.9. The average molecular weight is 413 g/mol. The van der Waals surface area contributed by atoms with Gasteiger partial charge in [0, 0.05) is 4.47 Å². The van der Waals surface area contributed by atoms with Gasteiger partial charge in [0.2, 0.25) is 0 Å². The number of hydrogen-bond donors (Lipinski definition) is 1. The van der Waals surface area contributed by atoms with Crippen LogP contribution in [0.5, 0.6) is 0 Å². The van der Waals surface area contributed by atoms with Crippen LogP contribution in [0.4, 0.5) is 5.69 Å². The summed E-state index contributed by atoms with van der Waals surface area (Å²) >= 11 is 7.13. The van der Waals surface area contributed by atoms with Crippen molar-refractivity contribution in [2.45, 2.75) is 10.4 Å². The lowest BCUT2D eigenvalue weighted by Gasteiger charge is -2.31. The molecule has 1 fully saturated rings. The molecule has 0 radical (unpaired) electrons. The zero-order chi connectivity index (χ0) is 14.9. The minimum atomic E-state index is -0.517. The van der Waals surface area contributed by atoms with Crippen LogP contribution in [0, 0.1) is 0 Å². The molecule has 5 heteroatoms. The fourth-order valence-electron chi connectivity index (χ4n) is 2.55. The molecule has 1 N–H and O–H groups in total. The molecule has 0 unspecified atom stereocenters. The van der Waals surface area contributed by atoms with E-state index in [4.69, 9.17) is 4.84 Å². The van der Waals surface area contributed by atoms with Gasteiger partial charge in [-0.3, -0.25) is 4.84 Å². The molecule has 1 heterocycles. The molecule has 0 aliphatic carbocycles. The molecule has 0 bridgehead atoms. The van der Waals surface area contributed by atoms with Crippen LogP contribution in [0.3, 0.4) is 0 Å². The molecule has 1 saturated heterocycles. The van der Waals surface area contributed by atoms with Crippen molar-refractivity contribution in [2.75, 3.05) is 18.3 Å². The summed E-state index contributed by atoms with van der Waals surface area (Å²) in [4.78, 5) is 5.86. The van der Waals surface area contributed by atoms with E-state index in [0.29, 0.717) is 6.61 Å². The second-order valence-electron chi connectivity index (χ2n) is 5.08. The fraction of sp³-hybridized carbons (Fsp3) is 0.250. The lowest BCUT2D eigenvalue weighted by atomic mass is 9.94. The number of hydroxylamine groups is 1. The molecular weight excluding hydrogens is 398 g/mol. The molecule has 3 nitrogen and oxygen atoms in total. The normalized spacial score (nSPS) is 25.3. The first-order valence-electron chi connectivity index (χ1n) is 6.66. The lowest BCUT2D eigenvalue weighted by Crippen LogP contribution is -2.36. The third-order valence-corrected chi connectivity index (χ3v) is 5.07. The maximum atomic E-state index is 9.81. The molecule has 2 aromatic carbocycles. The second kappa shape index (κ2) is 6.08. The van der Waals surface area contributed by atoms with Crippen LogP contribution in [0.25, 0.3) is 0 Å². The maximum absolute atomic E-state index is 9.81. The summed E-state index contributed by atoms with van der Waals surface area (Å²) in [6.45, 7) is 0.413. The highest BCUT2D eigenvalue weighted by Gasteiger charge is 2.48. The number of para-hydroxylation sites is 1. The Labute approximate surface area is 140 Å². The summed E-state index contributed by atoms with van der Waals surface area (Å²) in [6.07, 6.45) is 0. The second-order valence-corrected chi connectivity index (χ2v) is 7.58. The Morgan fingerprint density at radius 1 is 1.14 bits per heavy atom. The SMILES string of the molecule is OC[C@@]1(Br)CON(c2ccccc2)[C@@H]1c1ccc(Br)cc1. The van der Waals surface area contributed by atoms with Gasteiger partial charge in [-0.2, -0.15) is 0 Å². The van der Waals surface area contributed by atoms with Gasteiger partial charge < -0.3 is 5.11 Å². The van der Waals surface area contributed by atoms with Gasteiger partial charge in [-0.15, -0.1) is 0 Å². The van der Waals surface area contributed by atoms with Gasteiger partial charge in [-0.25, -0.2) is 5.06 Å². The Balaban J connectivity index is 2.03. The third-order valence-electron chi connectivity index (χ3n) is 3.63. The third kappa shape index (κ3) is 2.88. The standard InChI is InChI=1S/C16H15Br2NO2/c17-13-8-6-12(7-9-13)15-16(18,10-20)11-21-19(15)14-4-2-1-3-5-14/h1-9,15,20H,10-11H2/t15-,16-/m1/s1. The lowest BCUT2D eigenvalue weighted by molar-refractivity contribution is 0.148. The number of nitrogens with zero attached hydrogens (tertiary/aromatic N) is 1. The maximum Gasteiger partial charge on any atom is 0.101 e. The number of benzene rings is 2. The van der Waals surface area contributed by atoms with Gasteiger partial charge in [0.15, 0.2) is 0 Å². The summed E-state index contributed by atoms with van der Waals surface area (Å²) in [5.74, 6) is 0. The quantitative estimate of drug-likeness (QED) is 0.771. The molecule has 21 heavy (non-hydrogen) atoms. The van der Waals surface area contributed by atoms with Crippen molar-refractivity contribution in [3.05, 3.63) is 64.6 Å². The first-order valence-corrected chi connectivity index (χ1v) is 8.25. The van der Waals surface area contributed by atoms with Crippen LogP contribution in [-0.2, 0) is 4.84 Å². The molecule has 0 aromatic heterocycles. The van der Waals surface area contributed by atoms with Gasteiger partial charge in [-0.05, 0) is 29.8 Å². The van der Waals surface area contributed by atoms with Crippen LogP contribution in [-0.4, -0.2) is 22.6 Å². The van der Waals surface area contributed by atoms with Crippen LogP contribution in [0.1, 0.15) is 11.6 Å². The van der Waals surface area contributed by atoms with Crippen LogP contribution in [0.2, 0.25) is 0 Å². The summed E-state index contributed by atoms with van der Waals surface area (Å²) in [6, 6.07) is 17.9. The van der Waals surface area contributed by atoms with Crippen molar-refractivity contribution in [1.29, 1.82) is 0 Å². The fourth-order valence-corrected chi connectivity index (χ4v) is 3.37. The van der Waals surface area contributed by atoms with E-state index in [0.717, 1.165) is 15.7 Å². The predicted octanol–water partition coefficient (Wildman–Crippen LogP) is 4.07. The zero-order valence-electron chi connectivity index (χ0n) is 11.2. The molecule has 0 spiro atoms. The Bertz CT molecular complexity index is 605. The highest BCUT2D eigenvalue weighted by Crippen LogP contribution is 2.46. The van der Waals surface area contributed by atoms with Crippen molar-refractivity contribution in [1.82, 2.24) is 0 Å². The Morgan fingerprint density at radius 2 is 1.81 bits per heavy atom. The van der Waals surface area contributed by atoms with Gasteiger partial charge in [0.1, 0.15) is 10.4 Å². The minimum absolute atomic E-state index is 0.00291. The first kappa shape index (κ1) is 15.0. The van der Waals surface area contributed by atoms with Crippen molar-refractivity contribution in [3.63, 3.8) is 0 Å². The zero-order valence-corrected chi connectivity index (χ0v) is 14.4. The highest BCUT2D eigenvalue weighted by molar-refractivity contribution is 9.10. The van der Waals surface area contributed by atoms with Crippen molar-refractivity contribution in [3.8, 4) is 0 Å². The van der Waals surface area contributed by atoms with E-state index >= 15 is 0 Å². The van der Waals surface area contributed by atoms with E-state index in [9.17, 15) is 5.11 Å². The van der Waals surface area contributed by atoms with Gasteiger partial charge in [0.05, 0.1) is 18.9 Å². The molecule has 0 saturated carbocycles. The largest absolute Gasteiger partial charge is 0.395 e. The van der Waals surface area contributed by atoms with Gasteiger partial charge in [-0.1, -0.05) is 62.2 Å². The van der Waals surface area contributed by atoms with Crippen LogP contribution in [0.15, 0.2) is 59.1 Å². The van der Waals surface area contributed by atoms with E-state index in [-0.39, 0.29) is 12.6 Å². The van der Waals surface area contributed by atoms with E-state index in [1.54, 1.807) is 0 Å². The Hall–Kier alpha value is -0.880. The molecule has 1 aliphatic rings. The monoisotopic (exact) mass is 411 g/mol. The number of alkyl halides is 1.